The van der Waals surface area contributed by atoms with Gasteiger partial charge in [0.2, 0.25) is 0 Å². The van der Waals surface area contributed by atoms with Gasteiger partial charge in [-0.1, -0.05) is 41.4 Å². The average molecular weight is 346 g/mol. The topological polar surface area (TPSA) is 47.3 Å². The van der Waals surface area contributed by atoms with Crippen LogP contribution in [-0.2, 0) is 6.54 Å². The normalized spacial score (nSPS) is 11.0. The largest absolute Gasteiger partial charge is 0.417 e. The Hall–Kier alpha value is -1.04. The van der Waals surface area contributed by atoms with Crippen molar-refractivity contribution in [3.63, 3.8) is 0 Å². The summed E-state index contributed by atoms with van der Waals surface area (Å²) >= 11 is 9.38. The lowest BCUT2D eigenvalue weighted by Gasteiger charge is -2.04. The Balaban J connectivity index is 2.05. The van der Waals surface area contributed by atoms with E-state index in [2.05, 4.69) is 40.1 Å². The number of benzene rings is 1. The molecule has 0 amide bonds. The Morgan fingerprint density at radius 1 is 1.47 bits per heavy atom. The first kappa shape index (κ1) is 14.4. The van der Waals surface area contributed by atoms with Crippen molar-refractivity contribution in [2.45, 2.75) is 26.4 Å². The highest BCUT2D eigenvalue weighted by molar-refractivity contribution is 9.10. The van der Waals surface area contributed by atoms with E-state index in [1.807, 2.05) is 6.07 Å². The predicted molar refractivity (Wildman–Crippen MR) is 77.7 cm³/mol. The number of hydrogen-bond acceptors (Lipinski definition) is 4. The van der Waals surface area contributed by atoms with Crippen LogP contribution in [0.4, 0.5) is 0 Å². The SMILES string of the molecule is CC(C)NCc1coc(Oc2cc(Br)ccc2Cl)n1. The molecule has 1 heterocycles. The second-order valence-electron chi connectivity index (χ2n) is 4.32. The zero-order chi connectivity index (χ0) is 13.8. The Labute approximate surface area is 125 Å². The van der Waals surface area contributed by atoms with Crippen molar-refractivity contribution in [2.75, 3.05) is 0 Å². The van der Waals surface area contributed by atoms with Gasteiger partial charge in [0, 0.05) is 17.1 Å². The lowest BCUT2D eigenvalue weighted by molar-refractivity contribution is 0.330. The lowest BCUT2D eigenvalue weighted by Crippen LogP contribution is -2.21. The van der Waals surface area contributed by atoms with Crippen molar-refractivity contribution in [2.24, 2.45) is 0 Å². The molecule has 0 fully saturated rings. The van der Waals surface area contributed by atoms with Crippen LogP contribution < -0.4 is 10.1 Å². The lowest BCUT2D eigenvalue weighted by atomic mass is 10.3. The van der Waals surface area contributed by atoms with Crippen molar-refractivity contribution < 1.29 is 9.15 Å². The van der Waals surface area contributed by atoms with E-state index in [-0.39, 0.29) is 6.08 Å². The Bertz CT molecular complexity index is 557. The second kappa shape index (κ2) is 6.41. The number of nitrogens with zero attached hydrogens (tertiary/aromatic N) is 1. The van der Waals surface area contributed by atoms with Crippen LogP contribution in [-0.4, -0.2) is 11.0 Å². The van der Waals surface area contributed by atoms with Gasteiger partial charge in [-0.2, -0.15) is 4.98 Å². The molecule has 0 spiro atoms. The number of hydrogen-bond donors (Lipinski definition) is 1. The maximum absolute atomic E-state index is 6.03. The van der Waals surface area contributed by atoms with Crippen LogP contribution in [0.5, 0.6) is 11.8 Å². The number of nitrogens with one attached hydrogen (secondary N) is 1. The first-order chi connectivity index (χ1) is 9.04. The zero-order valence-electron chi connectivity index (χ0n) is 10.6. The molecule has 0 unspecified atom stereocenters. The first-order valence-electron chi connectivity index (χ1n) is 5.85. The minimum atomic E-state index is 0.181. The first-order valence-corrected chi connectivity index (χ1v) is 7.02. The number of halogens is 2. The summed E-state index contributed by atoms with van der Waals surface area (Å²) in [4.78, 5) is 4.22. The minimum Gasteiger partial charge on any atom is -0.417 e. The molecular weight excluding hydrogens is 332 g/mol. The predicted octanol–water partition coefficient (Wildman–Crippen LogP) is 4.38. The van der Waals surface area contributed by atoms with Gasteiger partial charge in [0.05, 0.1) is 10.7 Å². The Kier molecular flexibility index (Phi) is 4.85. The fourth-order valence-corrected chi connectivity index (χ4v) is 1.87. The van der Waals surface area contributed by atoms with E-state index in [9.17, 15) is 0 Å². The van der Waals surface area contributed by atoms with E-state index in [1.165, 1.54) is 0 Å². The molecule has 19 heavy (non-hydrogen) atoms. The summed E-state index contributed by atoms with van der Waals surface area (Å²) in [7, 11) is 0. The van der Waals surface area contributed by atoms with Gasteiger partial charge in [-0.25, -0.2) is 0 Å². The summed E-state index contributed by atoms with van der Waals surface area (Å²) in [6, 6.07) is 5.73. The molecule has 0 bridgehead atoms. The van der Waals surface area contributed by atoms with Crippen LogP contribution in [0.1, 0.15) is 19.5 Å². The Morgan fingerprint density at radius 2 is 2.26 bits per heavy atom. The van der Waals surface area contributed by atoms with Gasteiger partial charge < -0.3 is 14.5 Å². The molecule has 0 aliphatic carbocycles. The van der Waals surface area contributed by atoms with Gasteiger partial charge in [0.25, 0.3) is 0 Å². The minimum absolute atomic E-state index is 0.181. The number of ether oxygens (including phenoxy) is 1. The van der Waals surface area contributed by atoms with Gasteiger partial charge in [0.1, 0.15) is 6.26 Å². The molecule has 0 saturated heterocycles. The van der Waals surface area contributed by atoms with Crippen LogP contribution in [0.25, 0.3) is 0 Å². The molecule has 6 heteroatoms. The van der Waals surface area contributed by atoms with Crippen LogP contribution in [0.3, 0.4) is 0 Å². The van der Waals surface area contributed by atoms with Crippen molar-refractivity contribution in [3.8, 4) is 11.8 Å². The van der Waals surface area contributed by atoms with E-state index < -0.39 is 0 Å². The van der Waals surface area contributed by atoms with Gasteiger partial charge in [-0.15, -0.1) is 0 Å². The maximum Gasteiger partial charge on any atom is 0.399 e. The van der Waals surface area contributed by atoms with E-state index in [4.69, 9.17) is 20.8 Å². The van der Waals surface area contributed by atoms with Gasteiger partial charge >= 0.3 is 6.08 Å². The Morgan fingerprint density at radius 3 is 3.00 bits per heavy atom. The molecule has 1 aromatic carbocycles. The zero-order valence-corrected chi connectivity index (χ0v) is 13.0. The number of oxazole rings is 1. The van der Waals surface area contributed by atoms with Gasteiger partial charge in [-0.3, -0.25) is 0 Å². The molecule has 0 aliphatic rings. The molecule has 0 radical (unpaired) electrons. The van der Waals surface area contributed by atoms with Crippen molar-refractivity contribution in [1.82, 2.24) is 10.3 Å². The van der Waals surface area contributed by atoms with E-state index in [1.54, 1.807) is 18.4 Å². The quantitative estimate of drug-likeness (QED) is 0.873. The molecule has 0 aliphatic heterocycles. The van der Waals surface area contributed by atoms with Crippen LogP contribution >= 0.6 is 27.5 Å². The van der Waals surface area contributed by atoms with Crippen LogP contribution in [0, 0.1) is 0 Å². The van der Waals surface area contributed by atoms with E-state index in [0.717, 1.165) is 10.2 Å². The molecule has 0 saturated carbocycles. The smallest absolute Gasteiger partial charge is 0.399 e. The monoisotopic (exact) mass is 344 g/mol. The maximum atomic E-state index is 6.03. The summed E-state index contributed by atoms with van der Waals surface area (Å²) < 4.78 is 11.6. The summed E-state index contributed by atoms with van der Waals surface area (Å²) in [6.07, 6.45) is 1.75. The van der Waals surface area contributed by atoms with Crippen LogP contribution in [0.2, 0.25) is 5.02 Å². The molecule has 2 aromatic rings. The van der Waals surface area contributed by atoms with Crippen LogP contribution in [0.15, 0.2) is 33.4 Å². The third kappa shape index (κ3) is 4.23. The fraction of sp³-hybridized carbons (Fsp3) is 0.308. The summed E-state index contributed by atoms with van der Waals surface area (Å²) in [5, 5.41) is 3.75. The molecule has 0 atom stereocenters. The molecular formula is C13H14BrClN2O2. The summed E-state index contributed by atoms with van der Waals surface area (Å²) in [6.45, 7) is 4.77. The van der Waals surface area contributed by atoms with E-state index in [0.29, 0.717) is 23.4 Å². The summed E-state index contributed by atoms with van der Waals surface area (Å²) in [5.41, 5.74) is 0.787. The third-order valence-electron chi connectivity index (χ3n) is 2.31. The highest BCUT2D eigenvalue weighted by atomic mass is 79.9. The highest BCUT2D eigenvalue weighted by Crippen LogP contribution is 2.31. The highest BCUT2D eigenvalue weighted by Gasteiger charge is 2.09. The standard InChI is InChI=1S/C13H14BrClN2O2/c1-8(2)16-6-10-7-18-13(17-10)19-12-5-9(14)3-4-11(12)15/h3-5,7-8,16H,6H2,1-2H3. The summed E-state index contributed by atoms with van der Waals surface area (Å²) in [5.74, 6) is 0.501. The fourth-order valence-electron chi connectivity index (χ4n) is 1.37. The number of aromatic nitrogens is 1. The van der Waals surface area contributed by atoms with E-state index >= 15 is 0 Å². The molecule has 1 aromatic heterocycles. The van der Waals surface area contributed by atoms with Crippen molar-refractivity contribution >= 4 is 27.5 Å². The molecule has 1 N–H and O–H groups in total. The molecule has 102 valence electrons. The average Bonchev–Trinajstić information content (AvgIpc) is 2.79. The van der Waals surface area contributed by atoms with Crippen molar-refractivity contribution in [1.29, 1.82) is 0 Å². The van der Waals surface area contributed by atoms with Crippen molar-refractivity contribution in [3.05, 3.63) is 39.7 Å². The molecule has 2 rings (SSSR count). The molecule has 4 nitrogen and oxygen atoms in total. The van der Waals surface area contributed by atoms with Gasteiger partial charge in [-0.05, 0) is 18.2 Å². The number of rotatable bonds is 5. The van der Waals surface area contributed by atoms with Gasteiger partial charge in [0.15, 0.2) is 5.75 Å². The third-order valence-corrected chi connectivity index (χ3v) is 3.12. The second-order valence-corrected chi connectivity index (χ2v) is 5.64.